The maximum atomic E-state index is 10.6. The first kappa shape index (κ1) is 10.4. The molecule has 1 rings (SSSR count). The first-order chi connectivity index (χ1) is 6.61. The molecule has 0 bridgehead atoms. The number of rotatable bonds is 4. The van der Waals surface area contributed by atoms with Crippen LogP contribution >= 0.6 is 0 Å². The van der Waals surface area contributed by atoms with Gasteiger partial charge in [0.15, 0.2) is 0 Å². The van der Waals surface area contributed by atoms with E-state index in [1.54, 1.807) is 4.90 Å². The summed E-state index contributed by atoms with van der Waals surface area (Å²) in [5.41, 5.74) is 0. The second-order valence-electron chi connectivity index (χ2n) is 3.06. The molecule has 0 unspecified atom stereocenters. The Kier molecular flexibility index (Phi) is 3.33. The van der Waals surface area contributed by atoms with Crippen molar-refractivity contribution in [1.29, 1.82) is 0 Å². The third-order valence-electron chi connectivity index (χ3n) is 1.66. The van der Waals surface area contributed by atoms with Gasteiger partial charge in [-0.3, -0.25) is 4.79 Å². The second kappa shape index (κ2) is 4.50. The highest BCUT2D eigenvalue weighted by Crippen LogP contribution is 2.07. The van der Waals surface area contributed by atoms with E-state index in [0.717, 1.165) is 0 Å². The van der Waals surface area contributed by atoms with Crippen molar-refractivity contribution in [3.8, 4) is 0 Å². The minimum absolute atomic E-state index is 0.0234. The molecular weight excluding hydrogens is 184 g/mol. The molecule has 1 N–H and O–H groups in total. The van der Waals surface area contributed by atoms with Gasteiger partial charge in [0.25, 0.3) is 0 Å². The van der Waals surface area contributed by atoms with E-state index >= 15 is 0 Å². The average Bonchev–Trinajstić information content (AvgIpc) is 2.15. The van der Waals surface area contributed by atoms with Crippen molar-refractivity contribution in [2.45, 2.75) is 19.9 Å². The van der Waals surface area contributed by atoms with Gasteiger partial charge in [0.05, 0.1) is 12.4 Å². The predicted molar refractivity (Wildman–Crippen MR) is 49.9 cm³/mol. The molecule has 0 aromatic carbocycles. The number of hydrogen-bond donors (Lipinski definition) is 1. The van der Waals surface area contributed by atoms with Crippen LogP contribution < -0.4 is 4.90 Å². The van der Waals surface area contributed by atoms with Crippen LogP contribution in [0.5, 0.6) is 0 Å². The molecule has 1 aromatic heterocycles. The van der Waals surface area contributed by atoms with Gasteiger partial charge in [-0.05, 0) is 13.8 Å². The summed E-state index contributed by atoms with van der Waals surface area (Å²) in [7, 11) is 0. The van der Waals surface area contributed by atoms with E-state index in [4.69, 9.17) is 5.11 Å². The van der Waals surface area contributed by atoms with Crippen molar-refractivity contribution < 1.29 is 9.90 Å². The molecule has 76 valence electrons. The van der Waals surface area contributed by atoms with Crippen LogP contribution in [0.1, 0.15) is 13.8 Å². The third-order valence-corrected chi connectivity index (χ3v) is 1.66. The van der Waals surface area contributed by atoms with Gasteiger partial charge in [0.1, 0.15) is 6.54 Å². The number of nitrogens with zero attached hydrogens (tertiary/aromatic N) is 4. The molecule has 0 amide bonds. The van der Waals surface area contributed by atoms with Crippen LogP contribution in [0.4, 0.5) is 5.95 Å². The van der Waals surface area contributed by atoms with Gasteiger partial charge >= 0.3 is 5.97 Å². The number of anilines is 1. The Hall–Kier alpha value is -1.72. The maximum absolute atomic E-state index is 10.6. The number of aromatic nitrogens is 3. The molecule has 0 radical (unpaired) electrons. The lowest BCUT2D eigenvalue weighted by molar-refractivity contribution is -0.135. The topological polar surface area (TPSA) is 79.2 Å². The van der Waals surface area contributed by atoms with Gasteiger partial charge in [0.2, 0.25) is 5.95 Å². The van der Waals surface area contributed by atoms with Gasteiger partial charge in [-0.25, -0.2) is 4.98 Å². The van der Waals surface area contributed by atoms with Crippen LogP contribution in [0, 0.1) is 0 Å². The number of carboxylic acid groups (broad SMARTS) is 1. The van der Waals surface area contributed by atoms with Crippen LogP contribution in [0.15, 0.2) is 12.4 Å². The Labute approximate surface area is 81.6 Å². The largest absolute Gasteiger partial charge is 0.480 e. The molecule has 14 heavy (non-hydrogen) atoms. The van der Waals surface area contributed by atoms with Crippen molar-refractivity contribution in [2.75, 3.05) is 11.4 Å². The summed E-state index contributed by atoms with van der Waals surface area (Å²) in [4.78, 5) is 16.1. The van der Waals surface area contributed by atoms with Gasteiger partial charge in [-0.2, -0.15) is 5.10 Å². The third kappa shape index (κ3) is 2.65. The van der Waals surface area contributed by atoms with E-state index in [1.165, 1.54) is 12.4 Å². The van der Waals surface area contributed by atoms with E-state index in [9.17, 15) is 4.79 Å². The molecule has 1 heterocycles. The van der Waals surface area contributed by atoms with Gasteiger partial charge in [-0.15, -0.1) is 5.10 Å². The average molecular weight is 196 g/mol. The lowest BCUT2D eigenvalue weighted by Gasteiger charge is -2.23. The van der Waals surface area contributed by atoms with E-state index in [0.29, 0.717) is 5.95 Å². The van der Waals surface area contributed by atoms with E-state index in [2.05, 4.69) is 15.2 Å². The molecular formula is C8H12N4O2. The summed E-state index contributed by atoms with van der Waals surface area (Å²) in [6, 6.07) is 0.0234. The van der Waals surface area contributed by atoms with Gasteiger partial charge < -0.3 is 10.0 Å². The van der Waals surface area contributed by atoms with Crippen molar-refractivity contribution in [1.82, 2.24) is 15.2 Å². The van der Waals surface area contributed by atoms with Gasteiger partial charge in [-0.1, -0.05) is 0 Å². The zero-order chi connectivity index (χ0) is 10.6. The molecule has 1 aromatic rings. The Balaban J connectivity index is 2.83. The molecule has 0 atom stereocenters. The Morgan fingerprint density at radius 1 is 1.57 bits per heavy atom. The summed E-state index contributed by atoms with van der Waals surface area (Å²) >= 11 is 0. The first-order valence-corrected chi connectivity index (χ1v) is 4.23. The van der Waals surface area contributed by atoms with Crippen molar-refractivity contribution in [3.63, 3.8) is 0 Å². The van der Waals surface area contributed by atoms with Crippen molar-refractivity contribution in [2.24, 2.45) is 0 Å². The molecule has 0 saturated carbocycles. The lowest BCUT2D eigenvalue weighted by Crippen LogP contribution is -2.37. The number of aliphatic carboxylic acids is 1. The molecule has 0 aliphatic carbocycles. The highest BCUT2D eigenvalue weighted by molar-refractivity contribution is 5.72. The predicted octanol–water partition coefficient (Wildman–Crippen LogP) is 0.171. The minimum atomic E-state index is -0.911. The first-order valence-electron chi connectivity index (χ1n) is 4.23. The summed E-state index contributed by atoms with van der Waals surface area (Å²) < 4.78 is 0. The maximum Gasteiger partial charge on any atom is 0.323 e. The van der Waals surface area contributed by atoms with Crippen LogP contribution in [-0.2, 0) is 4.79 Å². The minimum Gasteiger partial charge on any atom is -0.480 e. The van der Waals surface area contributed by atoms with Gasteiger partial charge in [0, 0.05) is 6.04 Å². The summed E-state index contributed by atoms with van der Waals surface area (Å²) in [5, 5.41) is 16.1. The quantitative estimate of drug-likeness (QED) is 0.739. The Morgan fingerprint density at radius 2 is 2.29 bits per heavy atom. The fourth-order valence-corrected chi connectivity index (χ4v) is 1.00. The molecule has 0 aliphatic heterocycles. The number of carboxylic acids is 1. The highest BCUT2D eigenvalue weighted by Gasteiger charge is 2.16. The summed E-state index contributed by atoms with van der Waals surface area (Å²) in [5.74, 6) is -0.573. The Morgan fingerprint density at radius 3 is 2.71 bits per heavy atom. The fourth-order valence-electron chi connectivity index (χ4n) is 1.00. The standard InChI is InChI=1S/C8H12N4O2/c1-6(2)12(5-7(13)14)8-9-3-4-10-11-8/h3-4,6H,5H2,1-2H3,(H,13,14). The van der Waals surface area contributed by atoms with Crippen molar-refractivity contribution in [3.05, 3.63) is 12.4 Å². The lowest BCUT2D eigenvalue weighted by atomic mass is 10.3. The van der Waals surface area contributed by atoms with Crippen LogP contribution in [0.2, 0.25) is 0 Å². The molecule has 6 nitrogen and oxygen atoms in total. The molecule has 0 spiro atoms. The van der Waals surface area contributed by atoms with Crippen LogP contribution in [0.3, 0.4) is 0 Å². The van der Waals surface area contributed by atoms with Crippen molar-refractivity contribution >= 4 is 11.9 Å². The molecule has 0 aliphatic rings. The van der Waals surface area contributed by atoms with E-state index in [1.807, 2.05) is 13.8 Å². The Bertz CT molecular complexity index is 301. The summed E-state index contributed by atoms with van der Waals surface area (Å²) in [6.45, 7) is 3.63. The monoisotopic (exact) mass is 196 g/mol. The number of hydrogen-bond acceptors (Lipinski definition) is 5. The molecule has 6 heteroatoms. The van der Waals surface area contributed by atoms with Crippen LogP contribution in [0.25, 0.3) is 0 Å². The SMILES string of the molecule is CC(C)N(CC(=O)O)c1nccnn1. The second-order valence-corrected chi connectivity index (χ2v) is 3.06. The van der Waals surface area contributed by atoms with E-state index in [-0.39, 0.29) is 12.6 Å². The smallest absolute Gasteiger partial charge is 0.323 e. The highest BCUT2D eigenvalue weighted by atomic mass is 16.4. The number of carbonyl (C=O) groups is 1. The molecule has 0 fully saturated rings. The summed E-state index contributed by atoms with van der Waals surface area (Å²) in [6.07, 6.45) is 2.93. The van der Waals surface area contributed by atoms with E-state index < -0.39 is 5.97 Å². The molecule has 0 saturated heterocycles. The zero-order valence-corrected chi connectivity index (χ0v) is 8.08. The fraction of sp³-hybridized carbons (Fsp3) is 0.500. The zero-order valence-electron chi connectivity index (χ0n) is 8.08. The normalized spacial score (nSPS) is 10.2. The van der Waals surface area contributed by atoms with Crippen LogP contribution in [-0.4, -0.2) is 38.8 Å².